The van der Waals surface area contributed by atoms with Crippen LogP contribution in [0, 0.1) is 11.6 Å². The molecule has 3 aromatic rings. The largest absolute Gasteiger partial charge is 0.491 e. The van der Waals surface area contributed by atoms with Gasteiger partial charge in [0.2, 0.25) is 0 Å². The first-order valence-electron chi connectivity index (χ1n) is 14.0. The van der Waals surface area contributed by atoms with Crippen LogP contribution in [0.25, 0.3) is 11.1 Å². The van der Waals surface area contributed by atoms with Gasteiger partial charge < -0.3 is 9.47 Å². The first kappa shape index (κ1) is 29.3. The third-order valence-corrected chi connectivity index (χ3v) is 6.66. The van der Waals surface area contributed by atoms with Crippen LogP contribution >= 0.6 is 0 Å². The van der Waals surface area contributed by atoms with Crippen LogP contribution in [0.5, 0.6) is 11.5 Å². The standard InChI is InChI=1S/C33H40F2O3/c1-3-5-7-8-9-10-12-22-37-31-21-19-28(24-30(31)35)26-15-17-27(18-16-26)33(36)38-32-20-14-25(23-29(32)34)13-11-6-4-2/h14-21,23-24H,3-13,22H2,1-2H3. The van der Waals surface area contributed by atoms with Crippen molar-refractivity contribution in [2.75, 3.05) is 6.61 Å². The zero-order valence-corrected chi connectivity index (χ0v) is 22.7. The van der Waals surface area contributed by atoms with Gasteiger partial charge in [0, 0.05) is 0 Å². The van der Waals surface area contributed by atoms with Gasteiger partial charge in [0.05, 0.1) is 12.2 Å². The molecule has 0 amide bonds. The second-order valence-corrected chi connectivity index (χ2v) is 9.80. The molecule has 5 heteroatoms. The molecule has 0 aliphatic carbocycles. The third-order valence-electron chi connectivity index (χ3n) is 6.66. The SMILES string of the molecule is CCCCCCCCCOc1ccc(-c2ccc(C(=O)Oc3ccc(CCCCC)cc3F)cc2)cc1F. The van der Waals surface area contributed by atoms with Crippen LogP contribution in [0.15, 0.2) is 60.7 Å². The van der Waals surface area contributed by atoms with Crippen molar-refractivity contribution in [3.63, 3.8) is 0 Å². The zero-order valence-electron chi connectivity index (χ0n) is 22.7. The van der Waals surface area contributed by atoms with Crippen LogP contribution in [0.1, 0.15) is 94.0 Å². The number of halogens is 2. The van der Waals surface area contributed by atoms with E-state index >= 15 is 0 Å². The first-order valence-corrected chi connectivity index (χ1v) is 14.0. The number of ether oxygens (including phenoxy) is 2. The van der Waals surface area contributed by atoms with Gasteiger partial charge in [0.1, 0.15) is 0 Å². The summed E-state index contributed by atoms with van der Waals surface area (Å²) >= 11 is 0. The molecule has 0 saturated carbocycles. The number of carbonyl (C=O) groups is 1. The fourth-order valence-electron chi connectivity index (χ4n) is 4.36. The van der Waals surface area contributed by atoms with Gasteiger partial charge >= 0.3 is 5.97 Å². The molecule has 3 nitrogen and oxygen atoms in total. The van der Waals surface area contributed by atoms with Crippen LogP contribution in [-0.4, -0.2) is 12.6 Å². The monoisotopic (exact) mass is 522 g/mol. The van der Waals surface area contributed by atoms with Crippen molar-refractivity contribution in [2.24, 2.45) is 0 Å². The average molecular weight is 523 g/mol. The lowest BCUT2D eigenvalue weighted by Gasteiger charge is -2.10. The Bertz CT molecular complexity index is 1140. The van der Waals surface area contributed by atoms with Crippen molar-refractivity contribution in [2.45, 2.75) is 84.5 Å². The summed E-state index contributed by atoms with van der Waals surface area (Å²) in [6.45, 7) is 4.83. The number of carbonyl (C=O) groups excluding carboxylic acids is 1. The highest BCUT2D eigenvalue weighted by Gasteiger charge is 2.13. The lowest BCUT2D eigenvalue weighted by Crippen LogP contribution is -2.09. The Labute approximate surface area is 226 Å². The predicted molar refractivity (Wildman–Crippen MR) is 150 cm³/mol. The molecule has 0 heterocycles. The molecule has 0 atom stereocenters. The molecule has 0 bridgehead atoms. The third kappa shape index (κ3) is 9.27. The number of unbranched alkanes of at least 4 members (excludes halogenated alkanes) is 8. The van der Waals surface area contributed by atoms with Crippen LogP contribution in [0.2, 0.25) is 0 Å². The van der Waals surface area contributed by atoms with Crippen LogP contribution < -0.4 is 9.47 Å². The summed E-state index contributed by atoms with van der Waals surface area (Å²) in [6.07, 6.45) is 12.2. The van der Waals surface area contributed by atoms with Crippen LogP contribution in [0.4, 0.5) is 8.78 Å². The van der Waals surface area contributed by atoms with E-state index in [0.29, 0.717) is 12.2 Å². The van der Waals surface area contributed by atoms with Crippen molar-refractivity contribution in [3.8, 4) is 22.6 Å². The number of aryl methyl sites for hydroxylation is 1. The van der Waals surface area contributed by atoms with Gasteiger partial charge in [0.25, 0.3) is 0 Å². The van der Waals surface area contributed by atoms with Gasteiger partial charge in [-0.15, -0.1) is 0 Å². The molecule has 0 aliphatic heterocycles. The maximum Gasteiger partial charge on any atom is 0.343 e. The Hall–Kier alpha value is -3.21. The summed E-state index contributed by atoms with van der Waals surface area (Å²) < 4.78 is 40.0. The molecule has 0 aromatic heterocycles. The topological polar surface area (TPSA) is 35.5 Å². The van der Waals surface area contributed by atoms with E-state index in [1.165, 1.54) is 50.3 Å². The minimum atomic E-state index is -0.644. The molecule has 204 valence electrons. The van der Waals surface area contributed by atoms with E-state index in [1.807, 2.05) is 0 Å². The Morgan fingerprint density at radius 3 is 1.95 bits per heavy atom. The molecule has 0 fully saturated rings. The maximum absolute atomic E-state index is 14.6. The van der Waals surface area contributed by atoms with Crippen molar-refractivity contribution in [3.05, 3.63) is 83.4 Å². The highest BCUT2D eigenvalue weighted by molar-refractivity contribution is 5.91. The van der Waals surface area contributed by atoms with Gasteiger partial charge in [0.15, 0.2) is 23.1 Å². The molecule has 0 unspecified atom stereocenters. The fourth-order valence-corrected chi connectivity index (χ4v) is 4.36. The van der Waals surface area contributed by atoms with E-state index in [-0.39, 0.29) is 17.1 Å². The van der Waals surface area contributed by atoms with Crippen molar-refractivity contribution < 1.29 is 23.0 Å². The summed E-state index contributed by atoms with van der Waals surface area (Å²) in [5.74, 6) is -1.45. The maximum atomic E-state index is 14.6. The number of rotatable bonds is 16. The van der Waals surface area contributed by atoms with E-state index in [1.54, 1.807) is 42.5 Å². The van der Waals surface area contributed by atoms with Crippen LogP contribution in [0.3, 0.4) is 0 Å². The molecular weight excluding hydrogens is 482 g/mol. The van der Waals surface area contributed by atoms with Crippen molar-refractivity contribution in [1.29, 1.82) is 0 Å². The average Bonchev–Trinajstić information content (AvgIpc) is 2.92. The Morgan fingerprint density at radius 2 is 1.26 bits per heavy atom. The molecule has 3 rings (SSSR count). The predicted octanol–water partition coefficient (Wildman–Crippen LogP) is 9.71. The van der Waals surface area contributed by atoms with Gasteiger partial charge in [-0.05, 0) is 72.4 Å². The Kier molecular flexibility index (Phi) is 12.3. The zero-order chi connectivity index (χ0) is 27.2. The minimum Gasteiger partial charge on any atom is -0.491 e. The van der Waals surface area contributed by atoms with E-state index in [0.717, 1.165) is 49.7 Å². The molecule has 3 aromatic carbocycles. The molecular formula is C33H40F2O3. The second kappa shape index (κ2) is 15.9. The minimum absolute atomic E-state index is 0.0903. The van der Waals surface area contributed by atoms with Gasteiger partial charge in [-0.25, -0.2) is 13.6 Å². The second-order valence-electron chi connectivity index (χ2n) is 9.80. The number of benzene rings is 3. The van der Waals surface area contributed by atoms with E-state index in [4.69, 9.17) is 9.47 Å². The summed E-state index contributed by atoms with van der Waals surface area (Å²) in [7, 11) is 0. The van der Waals surface area contributed by atoms with Crippen molar-refractivity contribution >= 4 is 5.97 Å². The highest BCUT2D eigenvalue weighted by atomic mass is 19.1. The molecule has 0 saturated heterocycles. The molecule has 0 radical (unpaired) electrons. The van der Waals surface area contributed by atoms with Crippen LogP contribution in [-0.2, 0) is 6.42 Å². The van der Waals surface area contributed by atoms with E-state index < -0.39 is 17.6 Å². The Balaban J connectivity index is 1.51. The molecule has 0 spiro atoms. The summed E-state index contributed by atoms with van der Waals surface area (Å²) in [5, 5.41) is 0. The van der Waals surface area contributed by atoms with Gasteiger partial charge in [-0.3, -0.25) is 0 Å². The quantitative estimate of drug-likeness (QED) is 0.107. The van der Waals surface area contributed by atoms with Gasteiger partial charge in [-0.1, -0.05) is 89.5 Å². The lowest BCUT2D eigenvalue weighted by atomic mass is 10.0. The fraction of sp³-hybridized carbons (Fsp3) is 0.424. The highest BCUT2D eigenvalue weighted by Crippen LogP contribution is 2.27. The number of hydrogen-bond donors (Lipinski definition) is 0. The van der Waals surface area contributed by atoms with Crippen molar-refractivity contribution in [1.82, 2.24) is 0 Å². The Morgan fingerprint density at radius 1 is 0.658 bits per heavy atom. The summed E-state index contributed by atoms with van der Waals surface area (Å²) in [4.78, 5) is 12.6. The number of esters is 1. The number of hydrogen-bond acceptors (Lipinski definition) is 3. The van der Waals surface area contributed by atoms with Gasteiger partial charge in [-0.2, -0.15) is 0 Å². The van der Waals surface area contributed by atoms with E-state index in [9.17, 15) is 13.6 Å². The smallest absolute Gasteiger partial charge is 0.343 e. The lowest BCUT2D eigenvalue weighted by molar-refractivity contribution is 0.0728. The molecule has 38 heavy (non-hydrogen) atoms. The summed E-state index contributed by atoms with van der Waals surface area (Å²) in [5.41, 5.74) is 2.61. The molecule has 0 aliphatic rings. The first-order chi connectivity index (χ1) is 18.5. The summed E-state index contributed by atoms with van der Waals surface area (Å²) in [6, 6.07) is 16.2. The normalized spacial score (nSPS) is 10.9. The van der Waals surface area contributed by atoms with E-state index in [2.05, 4.69) is 13.8 Å². The molecule has 0 N–H and O–H groups in total.